The van der Waals surface area contributed by atoms with Gasteiger partial charge in [-0.05, 0) is 17.7 Å². The summed E-state index contributed by atoms with van der Waals surface area (Å²) in [5.41, 5.74) is 0.684. The Morgan fingerprint density at radius 1 is 1.30 bits per heavy atom. The largest absolute Gasteiger partial charge is 0.467 e. The first-order valence-electron chi connectivity index (χ1n) is 5.78. The van der Waals surface area contributed by atoms with E-state index in [9.17, 15) is 9.59 Å². The lowest BCUT2D eigenvalue weighted by molar-refractivity contribution is -0.145. The summed E-state index contributed by atoms with van der Waals surface area (Å²) in [5, 5.41) is 3.45. The van der Waals surface area contributed by atoms with Crippen molar-refractivity contribution in [3.63, 3.8) is 0 Å². The molecule has 110 valence electrons. The van der Waals surface area contributed by atoms with Gasteiger partial charge < -0.3 is 14.8 Å². The van der Waals surface area contributed by atoms with Gasteiger partial charge in [0.2, 0.25) is 5.91 Å². The van der Waals surface area contributed by atoms with Crippen LogP contribution in [0.15, 0.2) is 18.2 Å². The minimum Gasteiger partial charge on any atom is -0.467 e. The Morgan fingerprint density at radius 2 is 2.00 bits per heavy atom. The Hall–Kier alpha value is -1.30. The summed E-state index contributed by atoms with van der Waals surface area (Å²) >= 11 is 11.9. The molecule has 0 radical (unpaired) electrons. The number of ether oxygens (including phenoxy) is 2. The summed E-state index contributed by atoms with van der Waals surface area (Å²) in [4.78, 5) is 23.2. The van der Waals surface area contributed by atoms with E-state index in [4.69, 9.17) is 27.9 Å². The van der Waals surface area contributed by atoms with Crippen LogP contribution in [0.4, 0.5) is 0 Å². The molecule has 0 spiro atoms. The average molecular weight is 320 g/mol. The van der Waals surface area contributed by atoms with E-state index in [0.717, 1.165) is 0 Å². The molecule has 1 rings (SSSR count). The van der Waals surface area contributed by atoms with Gasteiger partial charge in [0, 0.05) is 23.6 Å². The van der Waals surface area contributed by atoms with E-state index in [1.165, 1.54) is 14.2 Å². The lowest BCUT2D eigenvalue weighted by atomic mass is 10.1. The van der Waals surface area contributed by atoms with Gasteiger partial charge in [-0.25, -0.2) is 4.79 Å². The number of esters is 1. The highest BCUT2D eigenvalue weighted by molar-refractivity contribution is 6.35. The summed E-state index contributed by atoms with van der Waals surface area (Å²) in [5.74, 6) is -0.964. The Morgan fingerprint density at radius 3 is 2.55 bits per heavy atom. The Balaban J connectivity index is 2.83. The topological polar surface area (TPSA) is 64.6 Å². The van der Waals surface area contributed by atoms with Crippen LogP contribution in [0.25, 0.3) is 0 Å². The maximum atomic E-state index is 11.7. The highest BCUT2D eigenvalue weighted by Crippen LogP contribution is 2.22. The van der Waals surface area contributed by atoms with E-state index < -0.39 is 17.9 Å². The first-order chi connectivity index (χ1) is 9.47. The van der Waals surface area contributed by atoms with Gasteiger partial charge in [0.15, 0.2) is 0 Å². The number of benzene rings is 1. The molecule has 1 aromatic carbocycles. The maximum Gasteiger partial charge on any atom is 0.328 e. The quantitative estimate of drug-likeness (QED) is 0.813. The third-order valence-corrected chi connectivity index (χ3v) is 3.12. The number of halogens is 2. The molecule has 0 aliphatic rings. The summed E-state index contributed by atoms with van der Waals surface area (Å²) in [7, 11) is 2.64. The lowest BCUT2D eigenvalue weighted by Gasteiger charge is -2.17. The molecule has 0 saturated carbocycles. The normalized spacial score (nSPS) is 11.8. The van der Waals surface area contributed by atoms with Crippen molar-refractivity contribution in [2.75, 3.05) is 20.8 Å². The van der Waals surface area contributed by atoms with Crippen molar-refractivity contribution in [1.29, 1.82) is 0 Å². The number of carbonyl (C=O) groups excluding carboxylic acids is 2. The summed E-state index contributed by atoms with van der Waals surface area (Å²) in [6, 6.07) is 4.10. The van der Waals surface area contributed by atoms with E-state index in [1.54, 1.807) is 18.2 Å². The number of methoxy groups -OCH3 is 2. The van der Waals surface area contributed by atoms with E-state index in [1.807, 2.05) is 0 Å². The molecule has 0 aliphatic heterocycles. The predicted molar refractivity (Wildman–Crippen MR) is 76.0 cm³/mol. The second-order valence-corrected chi connectivity index (χ2v) is 4.86. The molecule has 1 aromatic rings. The minimum absolute atomic E-state index is 0.137. The highest BCUT2D eigenvalue weighted by atomic mass is 35.5. The van der Waals surface area contributed by atoms with E-state index >= 15 is 0 Å². The van der Waals surface area contributed by atoms with Gasteiger partial charge in [-0.1, -0.05) is 29.3 Å². The third kappa shape index (κ3) is 5.00. The fraction of sp³-hybridized carbons (Fsp3) is 0.385. The number of hydrogen-bond acceptors (Lipinski definition) is 4. The molecule has 0 aromatic heterocycles. The van der Waals surface area contributed by atoms with Crippen LogP contribution in [0.2, 0.25) is 10.0 Å². The number of hydrogen-bond donors (Lipinski definition) is 1. The average Bonchev–Trinajstić information content (AvgIpc) is 2.40. The second kappa shape index (κ2) is 8.09. The Labute approximate surface area is 127 Å². The van der Waals surface area contributed by atoms with E-state index in [2.05, 4.69) is 10.1 Å². The molecular weight excluding hydrogens is 305 g/mol. The van der Waals surface area contributed by atoms with Crippen molar-refractivity contribution < 1.29 is 19.1 Å². The number of amides is 1. The molecule has 0 saturated heterocycles. The van der Waals surface area contributed by atoms with Crippen LogP contribution in [0.5, 0.6) is 0 Å². The molecule has 0 bridgehead atoms. The van der Waals surface area contributed by atoms with Crippen molar-refractivity contribution in [2.45, 2.75) is 12.5 Å². The molecule has 1 N–H and O–H groups in total. The highest BCUT2D eigenvalue weighted by Gasteiger charge is 2.22. The van der Waals surface area contributed by atoms with Crippen molar-refractivity contribution >= 4 is 35.1 Å². The molecule has 0 heterocycles. The zero-order chi connectivity index (χ0) is 15.1. The minimum atomic E-state index is -0.832. The summed E-state index contributed by atoms with van der Waals surface area (Å²) in [6.07, 6.45) is 0.206. The monoisotopic (exact) mass is 319 g/mol. The van der Waals surface area contributed by atoms with Crippen LogP contribution in [-0.2, 0) is 25.5 Å². The van der Waals surface area contributed by atoms with Gasteiger partial charge in [0.1, 0.15) is 12.6 Å². The van der Waals surface area contributed by atoms with Crippen LogP contribution in [0, 0.1) is 0 Å². The standard InChI is InChI=1S/C13H15Cl2NO4/c1-19-7-12(17)16-11(13(18)20-2)5-8-3-4-9(14)6-10(8)15/h3-4,6,11H,5,7H2,1-2H3,(H,16,17)/t11-/m1/s1. The fourth-order valence-corrected chi connectivity index (χ4v) is 2.10. The smallest absolute Gasteiger partial charge is 0.328 e. The van der Waals surface area contributed by atoms with Gasteiger partial charge >= 0.3 is 5.97 Å². The predicted octanol–water partition coefficient (Wildman–Crippen LogP) is 1.84. The van der Waals surface area contributed by atoms with E-state index in [0.29, 0.717) is 15.6 Å². The van der Waals surface area contributed by atoms with Crippen molar-refractivity contribution in [2.24, 2.45) is 0 Å². The first kappa shape index (κ1) is 16.8. The molecular formula is C13H15Cl2NO4. The summed E-state index contributed by atoms with van der Waals surface area (Å²) in [6.45, 7) is -0.137. The molecule has 0 unspecified atom stereocenters. The lowest BCUT2D eigenvalue weighted by Crippen LogP contribution is -2.44. The maximum absolute atomic E-state index is 11.7. The molecule has 1 amide bonds. The number of nitrogens with one attached hydrogen (secondary N) is 1. The van der Waals surface area contributed by atoms with Crippen LogP contribution in [0.3, 0.4) is 0 Å². The second-order valence-electron chi connectivity index (χ2n) is 4.02. The number of carbonyl (C=O) groups is 2. The van der Waals surface area contributed by atoms with Crippen LogP contribution < -0.4 is 5.32 Å². The molecule has 0 aliphatic carbocycles. The van der Waals surface area contributed by atoms with Crippen molar-refractivity contribution in [3.05, 3.63) is 33.8 Å². The zero-order valence-electron chi connectivity index (χ0n) is 11.1. The molecule has 0 fully saturated rings. The molecule has 1 atom stereocenters. The first-order valence-corrected chi connectivity index (χ1v) is 6.53. The SMILES string of the molecule is COCC(=O)N[C@H](Cc1ccc(Cl)cc1Cl)C(=O)OC. The van der Waals surface area contributed by atoms with Crippen LogP contribution in [0.1, 0.15) is 5.56 Å². The number of rotatable bonds is 6. The Kier molecular flexibility index (Phi) is 6.78. The van der Waals surface area contributed by atoms with Gasteiger partial charge in [-0.2, -0.15) is 0 Å². The van der Waals surface area contributed by atoms with Gasteiger partial charge in [0.25, 0.3) is 0 Å². The van der Waals surface area contributed by atoms with Crippen molar-refractivity contribution in [1.82, 2.24) is 5.32 Å². The van der Waals surface area contributed by atoms with Gasteiger partial charge in [0.05, 0.1) is 7.11 Å². The van der Waals surface area contributed by atoms with Gasteiger partial charge in [-0.15, -0.1) is 0 Å². The third-order valence-electron chi connectivity index (χ3n) is 2.54. The molecule has 5 nitrogen and oxygen atoms in total. The van der Waals surface area contributed by atoms with Crippen molar-refractivity contribution in [3.8, 4) is 0 Å². The Bertz CT molecular complexity index is 493. The molecule has 20 heavy (non-hydrogen) atoms. The van der Waals surface area contributed by atoms with E-state index in [-0.39, 0.29) is 13.0 Å². The summed E-state index contributed by atoms with van der Waals surface area (Å²) < 4.78 is 9.36. The zero-order valence-corrected chi connectivity index (χ0v) is 12.6. The molecule has 7 heteroatoms. The van der Waals surface area contributed by atoms with Crippen LogP contribution in [-0.4, -0.2) is 38.7 Å². The fourth-order valence-electron chi connectivity index (χ4n) is 1.61. The van der Waals surface area contributed by atoms with Gasteiger partial charge in [-0.3, -0.25) is 4.79 Å². The van der Waals surface area contributed by atoms with Crippen LogP contribution >= 0.6 is 23.2 Å².